The standard InChI is InChI=1S/C22H44O3/c1-4-5-6-7-8-9-10-11-13-16-21(23)17-14-12-15-18-22(24)25-19-20(2)3/h20-21,23H,4-19H2,1-3H3. The van der Waals surface area contributed by atoms with E-state index in [0.717, 1.165) is 38.5 Å². The summed E-state index contributed by atoms with van der Waals surface area (Å²) in [4.78, 5) is 11.5. The van der Waals surface area contributed by atoms with E-state index >= 15 is 0 Å². The van der Waals surface area contributed by atoms with Gasteiger partial charge in [0.1, 0.15) is 0 Å². The number of hydrogen-bond acceptors (Lipinski definition) is 3. The summed E-state index contributed by atoms with van der Waals surface area (Å²) >= 11 is 0. The third-order valence-electron chi connectivity index (χ3n) is 4.64. The van der Waals surface area contributed by atoms with E-state index in [1.807, 2.05) is 13.8 Å². The van der Waals surface area contributed by atoms with Gasteiger partial charge >= 0.3 is 5.97 Å². The lowest BCUT2D eigenvalue weighted by molar-refractivity contribution is -0.144. The summed E-state index contributed by atoms with van der Waals surface area (Å²) in [5, 5.41) is 10.0. The van der Waals surface area contributed by atoms with Crippen molar-refractivity contribution >= 4 is 5.97 Å². The van der Waals surface area contributed by atoms with Crippen molar-refractivity contribution in [2.24, 2.45) is 5.92 Å². The molecule has 0 heterocycles. The van der Waals surface area contributed by atoms with Gasteiger partial charge in [-0.1, -0.05) is 91.4 Å². The molecule has 0 rings (SSSR count). The third kappa shape index (κ3) is 19.6. The van der Waals surface area contributed by atoms with Crippen LogP contribution < -0.4 is 0 Å². The Kier molecular flexibility index (Phi) is 17.8. The minimum atomic E-state index is -0.155. The van der Waals surface area contributed by atoms with Crippen LogP contribution in [0.3, 0.4) is 0 Å². The highest BCUT2D eigenvalue weighted by Crippen LogP contribution is 2.14. The molecule has 0 aliphatic heterocycles. The Labute approximate surface area is 156 Å². The average Bonchev–Trinajstić information content (AvgIpc) is 2.58. The van der Waals surface area contributed by atoms with Crippen LogP contribution in [0.5, 0.6) is 0 Å². The summed E-state index contributed by atoms with van der Waals surface area (Å²) in [6, 6.07) is 0. The molecule has 1 unspecified atom stereocenters. The summed E-state index contributed by atoms with van der Waals surface area (Å²) in [7, 11) is 0. The third-order valence-corrected chi connectivity index (χ3v) is 4.64. The molecule has 150 valence electrons. The second-order valence-electron chi connectivity index (χ2n) is 7.95. The largest absolute Gasteiger partial charge is 0.465 e. The van der Waals surface area contributed by atoms with Gasteiger partial charge in [0.25, 0.3) is 0 Å². The van der Waals surface area contributed by atoms with Crippen LogP contribution >= 0.6 is 0 Å². The van der Waals surface area contributed by atoms with Gasteiger partial charge < -0.3 is 9.84 Å². The van der Waals surface area contributed by atoms with E-state index in [4.69, 9.17) is 4.74 Å². The van der Waals surface area contributed by atoms with Gasteiger partial charge in [-0.05, 0) is 25.2 Å². The normalized spacial score (nSPS) is 12.5. The second kappa shape index (κ2) is 18.2. The monoisotopic (exact) mass is 356 g/mol. The minimum Gasteiger partial charge on any atom is -0.465 e. The van der Waals surface area contributed by atoms with Gasteiger partial charge in [-0.2, -0.15) is 0 Å². The van der Waals surface area contributed by atoms with Crippen molar-refractivity contribution in [3.05, 3.63) is 0 Å². The first-order chi connectivity index (χ1) is 12.1. The smallest absolute Gasteiger partial charge is 0.305 e. The molecule has 0 fully saturated rings. The summed E-state index contributed by atoms with van der Waals surface area (Å²) in [5.41, 5.74) is 0. The summed E-state index contributed by atoms with van der Waals surface area (Å²) in [6.45, 7) is 6.87. The van der Waals surface area contributed by atoms with Crippen molar-refractivity contribution in [2.45, 2.75) is 123 Å². The SMILES string of the molecule is CCCCCCCCCCCC(O)CCCCCC(=O)OCC(C)C. The lowest BCUT2D eigenvalue weighted by Gasteiger charge is -2.10. The van der Waals surface area contributed by atoms with Gasteiger partial charge in [0.2, 0.25) is 0 Å². The van der Waals surface area contributed by atoms with E-state index in [1.54, 1.807) is 0 Å². The average molecular weight is 357 g/mol. The number of hydrogen-bond donors (Lipinski definition) is 1. The maximum absolute atomic E-state index is 11.5. The quantitative estimate of drug-likeness (QED) is 0.228. The van der Waals surface area contributed by atoms with Crippen molar-refractivity contribution in [3.63, 3.8) is 0 Å². The number of carbonyl (C=O) groups excluding carboxylic acids is 1. The molecule has 3 heteroatoms. The van der Waals surface area contributed by atoms with Gasteiger partial charge in [-0.15, -0.1) is 0 Å². The molecule has 25 heavy (non-hydrogen) atoms. The molecule has 0 amide bonds. The van der Waals surface area contributed by atoms with Gasteiger partial charge in [0.05, 0.1) is 12.7 Å². The van der Waals surface area contributed by atoms with E-state index in [2.05, 4.69) is 6.92 Å². The van der Waals surface area contributed by atoms with Gasteiger partial charge in [-0.3, -0.25) is 4.79 Å². The van der Waals surface area contributed by atoms with E-state index in [1.165, 1.54) is 51.4 Å². The molecule has 3 nitrogen and oxygen atoms in total. The van der Waals surface area contributed by atoms with Crippen LogP contribution in [0.2, 0.25) is 0 Å². The van der Waals surface area contributed by atoms with Crippen LogP contribution in [0.25, 0.3) is 0 Å². The highest BCUT2D eigenvalue weighted by atomic mass is 16.5. The van der Waals surface area contributed by atoms with Crippen molar-refractivity contribution in [1.82, 2.24) is 0 Å². The predicted molar refractivity (Wildman–Crippen MR) is 107 cm³/mol. The van der Waals surface area contributed by atoms with Gasteiger partial charge in [0, 0.05) is 6.42 Å². The van der Waals surface area contributed by atoms with Crippen molar-refractivity contribution in [3.8, 4) is 0 Å². The van der Waals surface area contributed by atoms with Crippen molar-refractivity contribution in [1.29, 1.82) is 0 Å². The first-order valence-electron chi connectivity index (χ1n) is 10.9. The number of aliphatic hydroxyl groups excluding tert-OH is 1. The summed E-state index contributed by atoms with van der Waals surface area (Å²) < 4.78 is 5.16. The zero-order valence-corrected chi connectivity index (χ0v) is 17.2. The topological polar surface area (TPSA) is 46.5 Å². The Morgan fingerprint density at radius 3 is 1.80 bits per heavy atom. The first kappa shape index (κ1) is 24.4. The van der Waals surface area contributed by atoms with Crippen LogP contribution in [0, 0.1) is 5.92 Å². The molecule has 0 aromatic carbocycles. The maximum Gasteiger partial charge on any atom is 0.305 e. The van der Waals surface area contributed by atoms with E-state index < -0.39 is 0 Å². The number of rotatable bonds is 18. The molecule has 0 aliphatic rings. The van der Waals surface area contributed by atoms with E-state index in [0.29, 0.717) is 18.9 Å². The molecule has 0 radical (unpaired) electrons. The Morgan fingerprint density at radius 1 is 0.800 bits per heavy atom. The minimum absolute atomic E-state index is 0.0797. The van der Waals surface area contributed by atoms with Crippen molar-refractivity contribution in [2.75, 3.05) is 6.61 Å². The van der Waals surface area contributed by atoms with Crippen molar-refractivity contribution < 1.29 is 14.6 Å². The maximum atomic E-state index is 11.5. The number of carbonyl (C=O) groups is 1. The molecule has 1 atom stereocenters. The molecular weight excluding hydrogens is 312 g/mol. The number of ether oxygens (including phenoxy) is 1. The molecule has 0 aliphatic carbocycles. The second-order valence-corrected chi connectivity index (χ2v) is 7.95. The Balaban J connectivity index is 3.28. The Bertz CT molecular complexity index is 289. The molecule has 0 bridgehead atoms. The zero-order valence-electron chi connectivity index (χ0n) is 17.2. The van der Waals surface area contributed by atoms with Crippen LogP contribution in [0.15, 0.2) is 0 Å². The molecule has 0 aromatic rings. The summed E-state index contributed by atoms with van der Waals surface area (Å²) in [5.74, 6) is 0.323. The van der Waals surface area contributed by atoms with E-state index in [9.17, 15) is 9.90 Å². The number of esters is 1. The highest BCUT2D eigenvalue weighted by Gasteiger charge is 2.06. The number of aliphatic hydroxyl groups is 1. The van der Waals surface area contributed by atoms with E-state index in [-0.39, 0.29) is 12.1 Å². The van der Waals surface area contributed by atoms with Crippen LogP contribution in [0.1, 0.15) is 117 Å². The van der Waals surface area contributed by atoms with Crippen LogP contribution in [-0.4, -0.2) is 23.8 Å². The molecule has 0 saturated heterocycles. The molecular formula is C22H44O3. The highest BCUT2D eigenvalue weighted by molar-refractivity contribution is 5.69. The Morgan fingerprint density at radius 2 is 1.28 bits per heavy atom. The lowest BCUT2D eigenvalue weighted by Crippen LogP contribution is -2.10. The zero-order chi connectivity index (χ0) is 18.8. The lowest BCUT2D eigenvalue weighted by atomic mass is 10.0. The molecule has 0 spiro atoms. The Hall–Kier alpha value is -0.570. The molecule has 1 N–H and O–H groups in total. The van der Waals surface area contributed by atoms with Gasteiger partial charge in [-0.25, -0.2) is 0 Å². The number of unbranched alkanes of at least 4 members (excludes halogenated alkanes) is 10. The fourth-order valence-electron chi connectivity index (χ4n) is 2.99. The summed E-state index contributed by atoms with van der Waals surface area (Å²) in [6.07, 6.45) is 17.0. The predicted octanol–water partition coefficient (Wildman–Crippen LogP) is 6.42. The van der Waals surface area contributed by atoms with Gasteiger partial charge in [0.15, 0.2) is 0 Å². The molecule has 0 aromatic heterocycles. The fraction of sp³-hybridized carbons (Fsp3) is 0.955. The van der Waals surface area contributed by atoms with Crippen LogP contribution in [0.4, 0.5) is 0 Å². The van der Waals surface area contributed by atoms with Crippen LogP contribution in [-0.2, 0) is 9.53 Å². The fourth-order valence-corrected chi connectivity index (χ4v) is 2.99. The molecule has 0 saturated carbocycles. The first-order valence-corrected chi connectivity index (χ1v) is 10.9.